The highest BCUT2D eigenvalue weighted by atomic mass is 79.9. The van der Waals surface area contributed by atoms with Crippen LogP contribution in [0.25, 0.3) is 0 Å². The third-order valence-electron chi connectivity index (χ3n) is 2.02. The summed E-state index contributed by atoms with van der Waals surface area (Å²) in [5.74, 6) is 0.609. The molecule has 8 heteroatoms. The van der Waals surface area contributed by atoms with Gasteiger partial charge in [0.05, 0.1) is 6.54 Å². The number of hydrogen-bond donors (Lipinski definition) is 0. The molecule has 5 nitrogen and oxygen atoms in total. The van der Waals surface area contributed by atoms with Gasteiger partial charge in [-0.1, -0.05) is 16.1 Å². The number of aromatic nitrogens is 4. The van der Waals surface area contributed by atoms with E-state index in [2.05, 4.69) is 30.5 Å². The lowest BCUT2D eigenvalue weighted by Gasteiger charge is -2.07. The maximum atomic E-state index is 11.8. The summed E-state index contributed by atoms with van der Waals surface area (Å²) in [6.07, 6.45) is 1.48. The molecule has 0 fully saturated rings. The number of rotatable bonds is 2. The van der Waals surface area contributed by atoms with Gasteiger partial charge in [0, 0.05) is 17.7 Å². The summed E-state index contributed by atoms with van der Waals surface area (Å²) in [6.45, 7) is 2.04. The van der Waals surface area contributed by atoms with Crippen molar-refractivity contribution in [3.8, 4) is 0 Å². The molecule has 2 aromatic heterocycles. The molecule has 0 spiro atoms. The third kappa shape index (κ3) is 2.16. The van der Waals surface area contributed by atoms with E-state index in [1.165, 1.54) is 10.8 Å². The summed E-state index contributed by atoms with van der Waals surface area (Å²) in [6, 6.07) is 0. The first-order valence-corrected chi connectivity index (χ1v) is 6.22. The zero-order valence-corrected chi connectivity index (χ0v) is 11.3. The van der Waals surface area contributed by atoms with Crippen LogP contribution in [-0.4, -0.2) is 19.1 Å². The zero-order chi connectivity index (χ0) is 11.7. The molecule has 2 heterocycles. The average molecular weight is 322 g/mol. The predicted molar refractivity (Wildman–Crippen MR) is 65.0 cm³/mol. The highest BCUT2D eigenvalue weighted by molar-refractivity contribution is 9.10. The van der Waals surface area contributed by atoms with Gasteiger partial charge in [-0.2, -0.15) is 0 Å². The van der Waals surface area contributed by atoms with E-state index in [9.17, 15) is 4.79 Å². The molecular weight excluding hydrogens is 316 g/mol. The molecular formula is C8H6BrClN4OS. The SMILES string of the molecule is Cc1ncc(Br)c(=O)n1Cc1nnsc1Cl. The molecule has 0 amide bonds. The van der Waals surface area contributed by atoms with Crippen molar-refractivity contribution >= 4 is 39.1 Å². The Bertz CT molecular complexity index is 582. The molecule has 0 radical (unpaired) electrons. The molecule has 0 saturated carbocycles. The van der Waals surface area contributed by atoms with Crippen molar-refractivity contribution in [3.63, 3.8) is 0 Å². The van der Waals surface area contributed by atoms with Crippen LogP contribution in [0.1, 0.15) is 11.5 Å². The van der Waals surface area contributed by atoms with Crippen LogP contribution in [0.2, 0.25) is 4.34 Å². The Morgan fingerprint density at radius 1 is 1.62 bits per heavy atom. The summed E-state index contributed by atoms with van der Waals surface area (Å²) in [7, 11) is 0. The number of nitrogens with zero attached hydrogens (tertiary/aromatic N) is 4. The lowest BCUT2D eigenvalue weighted by molar-refractivity contribution is 0.680. The van der Waals surface area contributed by atoms with Crippen LogP contribution >= 0.6 is 39.1 Å². The van der Waals surface area contributed by atoms with Gasteiger partial charge >= 0.3 is 0 Å². The average Bonchev–Trinajstić information content (AvgIpc) is 2.65. The highest BCUT2D eigenvalue weighted by Crippen LogP contribution is 2.18. The van der Waals surface area contributed by atoms with Crippen LogP contribution in [0.15, 0.2) is 15.5 Å². The predicted octanol–water partition coefficient (Wildman–Crippen LogP) is 1.87. The fourth-order valence-corrected chi connectivity index (χ4v) is 2.11. The van der Waals surface area contributed by atoms with Crippen molar-refractivity contribution in [2.24, 2.45) is 0 Å². The van der Waals surface area contributed by atoms with Gasteiger partial charge in [-0.25, -0.2) is 4.98 Å². The summed E-state index contributed by atoms with van der Waals surface area (Å²) in [5.41, 5.74) is 0.424. The summed E-state index contributed by atoms with van der Waals surface area (Å²) in [5, 5.41) is 3.86. The van der Waals surface area contributed by atoms with Crippen molar-refractivity contribution in [2.75, 3.05) is 0 Å². The van der Waals surface area contributed by atoms with E-state index in [0.29, 0.717) is 20.3 Å². The highest BCUT2D eigenvalue weighted by Gasteiger charge is 2.11. The minimum atomic E-state index is -0.156. The molecule has 84 valence electrons. The van der Waals surface area contributed by atoms with E-state index in [1.807, 2.05) is 0 Å². The van der Waals surface area contributed by atoms with E-state index >= 15 is 0 Å². The number of aryl methyl sites for hydroxylation is 1. The molecule has 0 aliphatic heterocycles. The van der Waals surface area contributed by atoms with Gasteiger partial charge in [-0.15, -0.1) is 5.10 Å². The standard InChI is InChI=1S/C8H6BrClN4OS/c1-4-11-2-5(9)8(15)14(4)3-6-7(10)16-13-12-6/h2H,3H2,1H3. The molecule has 16 heavy (non-hydrogen) atoms. The summed E-state index contributed by atoms with van der Waals surface area (Å²) < 4.78 is 6.11. The van der Waals surface area contributed by atoms with Crippen molar-refractivity contribution in [3.05, 3.63) is 36.9 Å². The maximum absolute atomic E-state index is 11.8. The van der Waals surface area contributed by atoms with Crippen LogP contribution in [0.4, 0.5) is 0 Å². The zero-order valence-electron chi connectivity index (χ0n) is 8.15. The molecule has 0 atom stereocenters. The Hall–Kier alpha value is -0.790. The molecule has 0 N–H and O–H groups in total. The van der Waals surface area contributed by atoms with Crippen LogP contribution in [-0.2, 0) is 6.54 Å². The fourth-order valence-electron chi connectivity index (χ4n) is 1.18. The third-order valence-corrected chi connectivity index (χ3v) is 3.55. The van der Waals surface area contributed by atoms with Crippen molar-refractivity contribution in [1.29, 1.82) is 0 Å². The monoisotopic (exact) mass is 320 g/mol. The smallest absolute Gasteiger partial charge is 0.268 e. The molecule has 0 bridgehead atoms. The minimum absolute atomic E-state index is 0.156. The second-order valence-electron chi connectivity index (χ2n) is 3.04. The van der Waals surface area contributed by atoms with Gasteiger partial charge in [0.1, 0.15) is 20.3 Å². The Balaban J connectivity index is 2.46. The van der Waals surface area contributed by atoms with Crippen molar-refractivity contribution in [2.45, 2.75) is 13.5 Å². The Morgan fingerprint density at radius 2 is 2.38 bits per heavy atom. The maximum Gasteiger partial charge on any atom is 0.268 e. The largest absolute Gasteiger partial charge is 0.290 e. The molecule has 2 rings (SSSR count). The first-order chi connectivity index (χ1) is 7.59. The molecule has 0 aliphatic carbocycles. The van der Waals surface area contributed by atoms with Gasteiger partial charge in [-0.3, -0.25) is 9.36 Å². The van der Waals surface area contributed by atoms with Gasteiger partial charge in [0.15, 0.2) is 0 Å². The fraction of sp³-hybridized carbons (Fsp3) is 0.250. The van der Waals surface area contributed by atoms with E-state index < -0.39 is 0 Å². The Kier molecular flexibility index (Phi) is 3.36. The van der Waals surface area contributed by atoms with E-state index in [4.69, 9.17) is 11.6 Å². The molecule has 0 saturated heterocycles. The molecule has 0 aromatic carbocycles. The van der Waals surface area contributed by atoms with Gasteiger partial charge in [0.2, 0.25) is 0 Å². The Labute approximate surface area is 108 Å². The number of halogens is 2. The van der Waals surface area contributed by atoms with Crippen LogP contribution in [0.5, 0.6) is 0 Å². The molecule has 0 unspecified atom stereocenters. The second-order valence-corrected chi connectivity index (χ2v) is 5.25. The quantitative estimate of drug-likeness (QED) is 0.847. The topological polar surface area (TPSA) is 60.7 Å². The van der Waals surface area contributed by atoms with Crippen molar-refractivity contribution < 1.29 is 0 Å². The first kappa shape index (κ1) is 11.7. The lowest BCUT2D eigenvalue weighted by Crippen LogP contribution is -2.24. The normalized spacial score (nSPS) is 10.7. The van der Waals surface area contributed by atoms with Gasteiger partial charge in [0.25, 0.3) is 5.56 Å². The van der Waals surface area contributed by atoms with E-state index in [-0.39, 0.29) is 12.1 Å². The first-order valence-electron chi connectivity index (χ1n) is 4.28. The van der Waals surface area contributed by atoms with Crippen molar-refractivity contribution in [1.82, 2.24) is 19.1 Å². The molecule has 2 aromatic rings. The van der Waals surface area contributed by atoms with E-state index in [1.54, 1.807) is 6.92 Å². The summed E-state index contributed by atoms with van der Waals surface area (Å²) in [4.78, 5) is 15.9. The molecule has 0 aliphatic rings. The van der Waals surface area contributed by atoms with Gasteiger partial charge in [-0.05, 0) is 22.9 Å². The van der Waals surface area contributed by atoms with Crippen LogP contribution in [0, 0.1) is 6.92 Å². The van der Waals surface area contributed by atoms with Crippen LogP contribution < -0.4 is 5.56 Å². The van der Waals surface area contributed by atoms with Gasteiger partial charge < -0.3 is 0 Å². The second kappa shape index (κ2) is 4.60. The minimum Gasteiger partial charge on any atom is -0.290 e. The number of hydrogen-bond acceptors (Lipinski definition) is 5. The summed E-state index contributed by atoms with van der Waals surface area (Å²) >= 11 is 10.1. The lowest BCUT2D eigenvalue weighted by atomic mass is 10.4. The van der Waals surface area contributed by atoms with E-state index in [0.717, 1.165) is 11.5 Å². The van der Waals surface area contributed by atoms with Crippen LogP contribution in [0.3, 0.4) is 0 Å². The Morgan fingerprint density at radius 3 is 3.00 bits per heavy atom.